The van der Waals surface area contributed by atoms with E-state index in [4.69, 9.17) is 4.74 Å². The molecule has 0 spiro atoms. The summed E-state index contributed by atoms with van der Waals surface area (Å²) in [5.41, 5.74) is 1.55. The van der Waals surface area contributed by atoms with Gasteiger partial charge in [-0.3, -0.25) is 9.10 Å². The monoisotopic (exact) mass is 390 g/mol. The van der Waals surface area contributed by atoms with Crippen LogP contribution < -0.4 is 14.4 Å². The normalized spacial score (nSPS) is 12.3. The van der Waals surface area contributed by atoms with Gasteiger partial charge in [0, 0.05) is 19.0 Å². The SMILES string of the molecule is COc1cccc(N(CCCC(=O)N[C@H](C)c2ccccc2)S(C)(=O)=O)c1. The smallest absolute Gasteiger partial charge is 0.232 e. The van der Waals surface area contributed by atoms with E-state index in [0.717, 1.165) is 11.8 Å². The van der Waals surface area contributed by atoms with Crippen molar-refractivity contribution in [2.24, 2.45) is 0 Å². The zero-order valence-electron chi connectivity index (χ0n) is 15.9. The third kappa shape index (κ3) is 6.29. The molecule has 2 rings (SSSR count). The summed E-state index contributed by atoms with van der Waals surface area (Å²) in [7, 11) is -1.93. The number of nitrogens with one attached hydrogen (secondary N) is 1. The third-order valence-corrected chi connectivity index (χ3v) is 5.38. The molecule has 0 saturated heterocycles. The molecular formula is C20H26N2O4S. The number of benzene rings is 2. The van der Waals surface area contributed by atoms with Gasteiger partial charge in [-0.25, -0.2) is 8.42 Å². The number of anilines is 1. The highest BCUT2D eigenvalue weighted by molar-refractivity contribution is 7.92. The molecule has 2 aromatic carbocycles. The van der Waals surface area contributed by atoms with Crippen LogP contribution in [-0.4, -0.2) is 34.2 Å². The van der Waals surface area contributed by atoms with Gasteiger partial charge in [-0.1, -0.05) is 36.4 Å². The molecule has 1 amide bonds. The standard InChI is InChI=1S/C20H26N2O4S/c1-16(17-9-5-4-6-10-17)21-20(23)13-8-14-22(27(3,24)25)18-11-7-12-19(15-18)26-2/h4-7,9-12,15-16H,8,13-14H2,1-3H3,(H,21,23)/t16-/m1/s1. The fourth-order valence-corrected chi connectivity index (χ4v) is 3.73. The zero-order valence-corrected chi connectivity index (χ0v) is 16.7. The van der Waals surface area contributed by atoms with Gasteiger partial charge < -0.3 is 10.1 Å². The van der Waals surface area contributed by atoms with Crippen LogP contribution in [0.5, 0.6) is 5.75 Å². The first-order chi connectivity index (χ1) is 12.8. The maximum atomic E-state index is 12.2. The van der Waals surface area contributed by atoms with Crippen LogP contribution in [0.3, 0.4) is 0 Å². The van der Waals surface area contributed by atoms with Gasteiger partial charge in [-0.15, -0.1) is 0 Å². The van der Waals surface area contributed by atoms with Crippen molar-refractivity contribution in [2.75, 3.05) is 24.2 Å². The molecule has 0 bridgehead atoms. The molecule has 0 unspecified atom stereocenters. The summed E-state index contributed by atoms with van der Waals surface area (Å²) in [5.74, 6) is 0.473. The van der Waals surface area contributed by atoms with E-state index in [-0.39, 0.29) is 24.9 Å². The quantitative estimate of drug-likeness (QED) is 0.714. The molecule has 0 aliphatic rings. The first-order valence-electron chi connectivity index (χ1n) is 8.77. The van der Waals surface area contributed by atoms with Gasteiger partial charge in [0.25, 0.3) is 0 Å². The molecule has 2 aromatic rings. The Balaban J connectivity index is 1.94. The first-order valence-corrected chi connectivity index (χ1v) is 10.6. The minimum atomic E-state index is -3.46. The molecule has 1 N–H and O–H groups in total. The van der Waals surface area contributed by atoms with Crippen LogP contribution in [0.1, 0.15) is 31.4 Å². The van der Waals surface area contributed by atoms with Gasteiger partial charge in [0.15, 0.2) is 0 Å². The number of rotatable bonds is 9. The van der Waals surface area contributed by atoms with E-state index in [1.807, 2.05) is 37.3 Å². The Morgan fingerprint density at radius 3 is 2.48 bits per heavy atom. The summed E-state index contributed by atoms with van der Waals surface area (Å²) in [6.45, 7) is 2.14. The van der Waals surface area contributed by atoms with Gasteiger partial charge in [-0.05, 0) is 31.0 Å². The Bertz CT molecular complexity index is 853. The number of sulfonamides is 1. The van der Waals surface area contributed by atoms with E-state index in [9.17, 15) is 13.2 Å². The van der Waals surface area contributed by atoms with E-state index in [1.165, 1.54) is 11.4 Å². The summed E-state index contributed by atoms with van der Waals surface area (Å²) in [6, 6.07) is 16.5. The van der Waals surface area contributed by atoms with E-state index in [2.05, 4.69) is 5.32 Å². The Hall–Kier alpha value is -2.54. The lowest BCUT2D eigenvalue weighted by Crippen LogP contribution is -2.32. The largest absolute Gasteiger partial charge is 0.497 e. The molecule has 0 fully saturated rings. The minimum absolute atomic E-state index is 0.0944. The summed E-state index contributed by atoms with van der Waals surface area (Å²) in [6.07, 6.45) is 1.81. The van der Waals surface area contributed by atoms with Crippen LogP contribution in [0.4, 0.5) is 5.69 Å². The molecule has 7 heteroatoms. The zero-order chi connectivity index (χ0) is 19.9. The number of nitrogens with zero attached hydrogens (tertiary/aromatic N) is 1. The molecule has 0 saturated carbocycles. The van der Waals surface area contributed by atoms with Crippen molar-refractivity contribution in [3.8, 4) is 5.75 Å². The van der Waals surface area contributed by atoms with Crippen molar-refractivity contribution in [1.29, 1.82) is 0 Å². The molecule has 0 radical (unpaired) electrons. The average molecular weight is 391 g/mol. The minimum Gasteiger partial charge on any atom is -0.497 e. The van der Waals surface area contributed by atoms with Gasteiger partial charge in [-0.2, -0.15) is 0 Å². The van der Waals surface area contributed by atoms with Gasteiger partial charge in [0.1, 0.15) is 5.75 Å². The first kappa shape index (κ1) is 20.8. The lowest BCUT2D eigenvalue weighted by Gasteiger charge is -2.23. The molecule has 6 nitrogen and oxygen atoms in total. The fraction of sp³-hybridized carbons (Fsp3) is 0.350. The second kappa shape index (κ2) is 9.41. The number of ether oxygens (including phenoxy) is 1. The van der Waals surface area contributed by atoms with Crippen molar-refractivity contribution in [2.45, 2.75) is 25.8 Å². The second-order valence-corrected chi connectivity index (χ2v) is 8.25. The van der Waals surface area contributed by atoms with Gasteiger partial charge >= 0.3 is 0 Å². The molecule has 0 aliphatic heterocycles. The summed E-state index contributed by atoms with van der Waals surface area (Å²) >= 11 is 0. The van der Waals surface area contributed by atoms with Crippen LogP contribution >= 0.6 is 0 Å². The van der Waals surface area contributed by atoms with Crippen LogP contribution in [-0.2, 0) is 14.8 Å². The maximum Gasteiger partial charge on any atom is 0.232 e. The number of hydrogen-bond donors (Lipinski definition) is 1. The molecule has 0 heterocycles. The Morgan fingerprint density at radius 2 is 1.85 bits per heavy atom. The van der Waals surface area contributed by atoms with Crippen molar-refractivity contribution < 1.29 is 17.9 Å². The highest BCUT2D eigenvalue weighted by Crippen LogP contribution is 2.23. The topological polar surface area (TPSA) is 75.7 Å². The molecule has 0 aliphatic carbocycles. The van der Waals surface area contributed by atoms with Crippen molar-refractivity contribution >= 4 is 21.6 Å². The van der Waals surface area contributed by atoms with Crippen LogP contribution in [0.25, 0.3) is 0 Å². The maximum absolute atomic E-state index is 12.2. The molecule has 0 aromatic heterocycles. The van der Waals surface area contributed by atoms with Gasteiger partial charge in [0.05, 0.1) is 25.1 Å². The molecule has 27 heavy (non-hydrogen) atoms. The van der Waals surface area contributed by atoms with Crippen LogP contribution in [0.15, 0.2) is 54.6 Å². The van der Waals surface area contributed by atoms with E-state index in [1.54, 1.807) is 24.3 Å². The van der Waals surface area contributed by atoms with E-state index < -0.39 is 10.0 Å². The number of hydrogen-bond acceptors (Lipinski definition) is 4. The van der Waals surface area contributed by atoms with Gasteiger partial charge in [0.2, 0.25) is 15.9 Å². The Morgan fingerprint density at radius 1 is 1.15 bits per heavy atom. The molecule has 146 valence electrons. The Labute approximate surface area is 161 Å². The second-order valence-electron chi connectivity index (χ2n) is 6.34. The predicted octanol–water partition coefficient (Wildman–Crippen LogP) is 3.12. The lowest BCUT2D eigenvalue weighted by atomic mass is 10.1. The van der Waals surface area contributed by atoms with E-state index in [0.29, 0.717) is 17.9 Å². The van der Waals surface area contributed by atoms with Crippen LogP contribution in [0, 0.1) is 0 Å². The van der Waals surface area contributed by atoms with Crippen LogP contribution in [0.2, 0.25) is 0 Å². The fourth-order valence-electron chi connectivity index (χ4n) is 2.77. The highest BCUT2D eigenvalue weighted by Gasteiger charge is 2.18. The number of carbonyl (C=O) groups excluding carboxylic acids is 1. The van der Waals surface area contributed by atoms with E-state index >= 15 is 0 Å². The number of methoxy groups -OCH3 is 1. The van der Waals surface area contributed by atoms with Crippen molar-refractivity contribution in [3.63, 3.8) is 0 Å². The number of carbonyl (C=O) groups is 1. The summed E-state index contributed by atoms with van der Waals surface area (Å²) in [5, 5.41) is 2.94. The third-order valence-electron chi connectivity index (χ3n) is 4.18. The van der Waals surface area contributed by atoms with Crippen molar-refractivity contribution in [3.05, 3.63) is 60.2 Å². The molecular weight excluding hydrogens is 364 g/mol. The summed E-state index contributed by atoms with van der Waals surface area (Å²) in [4.78, 5) is 12.2. The molecule has 1 atom stereocenters. The summed E-state index contributed by atoms with van der Waals surface area (Å²) < 4.78 is 30.8. The van der Waals surface area contributed by atoms with Crippen molar-refractivity contribution in [1.82, 2.24) is 5.32 Å². The lowest BCUT2D eigenvalue weighted by molar-refractivity contribution is -0.121. The Kier molecular flexibility index (Phi) is 7.24. The highest BCUT2D eigenvalue weighted by atomic mass is 32.2. The predicted molar refractivity (Wildman–Crippen MR) is 107 cm³/mol. The number of amides is 1. The average Bonchev–Trinajstić information content (AvgIpc) is 2.65.